The molecule has 0 fully saturated rings. The predicted octanol–water partition coefficient (Wildman–Crippen LogP) is 1.68. The summed E-state index contributed by atoms with van der Waals surface area (Å²) in [6.07, 6.45) is 5.88. The van der Waals surface area contributed by atoms with Gasteiger partial charge < -0.3 is 9.88 Å². The van der Waals surface area contributed by atoms with Gasteiger partial charge in [0.15, 0.2) is 0 Å². The van der Waals surface area contributed by atoms with Crippen LogP contribution in [0.25, 0.3) is 0 Å². The Morgan fingerprint density at radius 2 is 2.20 bits per heavy atom. The standard InChI is InChI=1S/C14H15FN4O/c15-10-4-5-11(16-7-10)8-18-14(20)12-9-17-13-3-1-2-6-19(12)13/h4-5,7,9H,1-3,6,8H2,(H,18,20). The van der Waals surface area contributed by atoms with Crippen LogP contribution in [0.3, 0.4) is 0 Å². The highest BCUT2D eigenvalue weighted by atomic mass is 19.1. The Hall–Kier alpha value is -2.24. The first kappa shape index (κ1) is 12.8. The number of carbonyl (C=O) groups is 1. The van der Waals surface area contributed by atoms with Crippen molar-refractivity contribution in [2.24, 2.45) is 0 Å². The average Bonchev–Trinajstić information content (AvgIpc) is 2.90. The molecule has 2 aromatic heterocycles. The molecule has 3 rings (SSSR count). The molecule has 1 aliphatic heterocycles. The molecule has 0 saturated heterocycles. The van der Waals surface area contributed by atoms with Gasteiger partial charge >= 0.3 is 0 Å². The van der Waals surface area contributed by atoms with Crippen molar-refractivity contribution in [2.45, 2.75) is 32.4 Å². The van der Waals surface area contributed by atoms with E-state index in [1.165, 1.54) is 6.07 Å². The maximum absolute atomic E-state index is 12.7. The SMILES string of the molecule is O=C(NCc1ccc(F)cn1)c1cnc2n1CCCC2. The van der Waals surface area contributed by atoms with Crippen LogP contribution in [-0.2, 0) is 19.5 Å². The molecule has 104 valence electrons. The molecule has 0 aliphatic carbocycles. The molecule has 2 aromatic rings. The van der Waals surface area contributed by atoms with Gasteiger partial charge in [0.25, 0.3) is 5.91 Å². The number of carbonyl (C=O) groups excluding carboxylic acids is 1. The fraction of sp³-hybridized carbons (Fsp3) is 0.357. The van der Waals surface area contributed by atoms with Crippen LogP contribution in [0.15, 0.2) is 24.5 Å². The van der Waals surface area contributed by atoms with Crippen molar-refractivity contribution in [3.05, 3.63) is 47.6 Å². The van der Waals surface area contributed by atoms with Gasteiger partial charge in [0, 0.05) is 13.0 Å². The fourth-order valence-electron chi connectivity index (χ4n) is 2.37. The molecule has 6 heteroatoms. The maximum atomic E-state index is 12.7. The summed E-state index contributed by atoms with van der Waals surface area (Å²) in [6.45, 7) is 1.12. The molecule has 3 heterocycles. The highest BCUT2D eigenvalue weighted by Crippen LogP contribution is 2.16. The summed E-state index contributed by atoms with van der Waals surface area (Å²) < 4.78 is 14.7. The van der Waals surface area contributed by atoms with Crippen LogP contribution in [0.2, 0.25) is 0 Å². The second-order valence-corrected chi connectivity index (χ2v) is 4.82. The summed E-state index contributed by atoms with van der Waals surface area (Å²) in [7, 11) is 0. The molecule has 0 unspecified atom stereocenters. The molecule has 5 nitrogen and oxygen atoms in total. The van der Waals surface area contributed by atoms with Gasteiger partial charge in [-0.2, -0.15) is 0 Å². The van der Waals surface area contributed by atoms with Gasteiger partial charge in [0.05, 0.1) is 24.6 Å². The zero-order chi connectivity index (χ0) is 13.9. The smallest absolute Gasteiger partial charge is 0.269 e. The van der Waals surface area contributed by atoms with Crippen LogP contribution < -0.4 is 5.32 Å². The van der Waals surface area contributed by atoms with Gasteiger partial charge in [0.2, 0.25) is 0 Å². The molecule has 0 bridgehead atoms. The third-order valence-corrected chi connectivity index (χ3v) is 3.42. The van der Waals surface area contributed by atoms with Crippen LogP contribution >= 0.6 is 0 Å². The minimum absolute atomic E-state index is 0.170. The number of halogens is 1. The van der Waals surface area contributed by atoms with E-state index in [0.717, 1.165) is 37.8 Å². The molecule has 0 saturated carbocycles. The number of amides is 1. The van der Waals surface area contributed by atoms with E-state index in [0.29, 0.717) is 11.4 Å². The van der Waals surface area contributed by atoms with Gasteiger partial charge in [0.1, 0.15) is 17.3 Å². The number of imidazole rings is 1. The van der Waals surface area contributed by atoms with Gasteiger partial charge in [-0.1, -0.05) is 0 Å². The number of hydrogen-bond donors (Lipinski definition) is 1. The molecule has 1 amide bonds. The van der Waals surface area contributed by atoms with Crippen LogP contribution in [0, 0.1) is 5.82 Å². The number of pyridine rings is 1. The lowest BCUT2D eigenvalue weighted by Gasteiger charge is -2.15. The fourth-order valence-corrected chi connectivity index (χ4v) is 2.37. The molecule has 1 N–H and O–H groups in total. The van der Waals surface area contributed by atoms with Gasteiger partial charge in [-0.25, -0.2) is 9.37 Å². The minimum atomic E-state index is -0.384. The minimum Gasteiger partial charge on any atom is -0.345 e. The molecule has 0 spiro atoms. The zero-order valence-corrected chi connectivity index (χ0v) is 11.0. The van der Waals surface area contributed by atoms with Crippen molar-refractivity contribution in [3.63, 3.8) is 0 Å². The van der Waals surface area contributed by atoms with Crippen LogP contribution in [0.1, 0.15) is 34.8 Å². The van der Waals surface area contributed by atoms with E-state index in [1.54, 1.807) is 12.3 Å². The average molecular weight is 274 g/mol. The molecule has 0 aromatic carbocycles. The van der Waals surface area contributed by atoms with E-state index in [-0.39, 0.29) is 18.3 Å². The monoisotopic (exact) mass is 274 g/mol. The van der Waals surface area contributed by atoms with Crippen molar-refractivity contribution in [1.29, 1.82) is 0 Å². The summed E-state index contributed by atoms with van der Waals surface area (Å²) in [5, 5.41) is 2.79. The Balaban J connectivity index is 1.67. The number of nitrogens with one attached hydrogen (secondary N) is 1. The summed E-state index contributed by atoms with van der Waals surface area (Å²) in [5.41, 5.74) is 1.21. The van der Waals surface area contributed by atoms with E-state index in [9.17, 15) is 9.18 Å². The zero-order valence-electron chi connectivity index (χ0n) is 11.0. The number of nitrogens with zero attached hydrogens (tertiary/aromatic N) is 3. The second-order valence-electron chi connectivity index (χ2n) is 4.82. The molecular formula is C14H15FN4O. The third-order valence-electron chi connectivity index (χ3n) is 3.42. The number of rotatable bonds is 3. The highest BCUT2D eigenvalue weighted by molar-refractivity contribution is 5.92. The number of aromatic nitrogens is 3. The molecule has 1 aliphatic rings. The van der Waals surface area contributed by atoms with Crippen LogP contribution in [0.5, 0.6) is 0 Å². The third kappa shape index (κ3) is 2.54. The maximum Gasteiger partial charge on any atom is 0.269 e. The lowest BCUT2D eigenvalue weighted by molar-refractivity contribution is 0.0940. The first-order valence-electron chi connectivity index (χ1n) is 6.67. The lowest BCUT2D eigenvalue weighted by Crippen LogP contribution is -2.27. The Kier molecular flexibility index (Phi) is 3.45. The summed E-state index contributed by atoms with van der Waals surface area (Å²) in [5.74, 6) is 0.419. The largest absolute Gasteiger partial charge is 0.345 e. The molecular weight excluding hydrogens is 259 g/mol. The lowest BCUT2D eigenvalue weighted by atomic mass is 10.1. The topological polar surface area (TPSA) is 59.8 Å². The molecule has 0 radical (unpaired) electrons. The van der Waals surface area contributed by atoms with E-state index in [1.807, 2.05) is 4.57 Å². The van der Waals surface area contributed by atoms with E-state index in [2.05, 4.69) is 15.3 Å². The summed E-state index contributed by atoms with van der Waals surface area (Å²) in [6, 6.07) is 2.89. The van der Waals surface area contributed by atoms with Crippen LogP contribution in [0.4, 0.5) is 4.39 Å². The van der Waals surface area contributed by atoms with Gasteiger partial charge in [-0.15, -0.1) is 0 Å². The van der Waals surface area contributed by atoms with E-state index < -0.39 is 0 Å². The normalized spacial score (nSPS) is 13.8. The quantitative estimate of drug-likeness (QED) is 0.926. The van der Waals surface area contributed by atoms with Crippen molar-refractivity contribution in [3.8, 4) is 0 Å². The molecule has 0 atom stereocenters. The van der Waals surface area contributed by atoms with Crippen molar-refractivity contribution in [1.82, 2.24) is 19.9 Å². The first-order valence-corrected chi connectivity index (χ1v) is 6.67. The summed E-state index contributed by atoms with van der Waals surface area (Å²) >= 11 is 0. The Bertz CT molecular complexity index is 621. The highest BCUT2D eigenvalue weighted by Gasteiger charge is 2.18. The number of hydrogen-bond acceptors (Lipinski definition) is 3. The van der Waals surface area contributed by atoms with E-state index >= 15 is 0 Å². The predicted molar refractivity (Wildman–Crippen MR) is 70.5 cm³/mol. The number of aryl methyl sites for hydroxylation is 1. The Morgan fingerprint density at radius 1 is 1.30 bits per heavy atom. The van der Waals surface area contributed by atoms with Gasteiger partial charge in [-0.05, 0) is 25.0 Å². The van der Waals surface area contributed by atoms with E-state index in [4.69, 9.17) is 0 Å². The Labute approximate surface area is 115 Å². The first-order chi connectivity index (χ1) is 9.74. The summed E-state index contributed by atoms with van der Waals surface area (Å²) in [4.78, 5) is 20.3. The van der Waals surface area contributed by atoms with Crippen molar-refractivity contribution < 1.29 is 9.18 Å². The van der Waals surface area contributed by atoms with Crippen molar-refractivity contribution >= 4 is 5.91 Å². The second kappa shape index (κ2) is 5.40. The van der Waals surface area contributed by atoms with Crippen molar-refractivity contribution in [2.75, 3.05) is 0 Å². The Morgan fingerprint density at radius 3 is 3.00 bits per heavy atom. The molecule has 20 heavy (non-hydrogen) atoms. The number of fused-ring (bicyclic) bond motifs is 1. The van der Waals surface area contributed by atoms with Crippen LogP contribution in [-0.4, -0.2) is 20.4 Å². The van der Waals surface area contributed by atoms with Gasteiger partial charge in [-0.3, -0.25) is 9.78 Å².